The third kappa shape index (κ3) is 7.21. The first-order valence-electron chi connectivity index (χ1n) is 10.9. The van der Waals surface area contributed by atoms with Crippen molar-refractivity contribution < 1.29 is 14.3 Å². The molecular formula is C26H22ClN5O3S. The number of nitrogens with one attached hydrogen (secondary N) is 2. The van der Waals surface area contributed by atoms with Crippen molar-refractivity contribution in [1.82, 2.24) is 15.6 Å². The molecule has 0 aliphatic heterocycles. The summed E-state index contributed by atoms with van der Waals surface area (Å²) in [6, 6.07) is 22.0. The summed E-state index contributed by atoms with van der Waals surface area (Å²) in [5.41, 5.74) is 5.75. The maximum absolute atomic E-state index is 12.3. The molecule has 2 N–H and O–H groups in total. The van der Waals surface area contributed by atoms with Crippen LogP contribution in [0, 0.1) is 6.92 Å². The van der Waals surface area contributed by atoms with Crippen molar-refractivity contribution in [1.29, 1.82) is 0 Å². The monoisotopic (exact) mass is 519 g/mol. The van der Waals surface area contributed by atoms with Gasteiger partial charge in [-0.3, -0.25) is 14.9 Å². The van der Waals surface area contributed by atoms with Crippen LogP contribution in [-0.4, -0.2) is 28.2 Å². The zero-order chi connectivity index (χ0) is 25.3. The highest BCUT2D eigenvalue weighted by Crippen LogP contribution is 2.19. The lowest BCUT2D eigenvalue weighted by atomic mass is 10.1. The van der Waals surface area contributed by atoms with E-state index in [1.54, 1.807) is 12.1 Å². The predicted octanol–water partition coefficient (Wildman–Crippen LogP) is 5.02. The number of carbonyl (C=O) groups excluding carboxylic acids is 2. The van der Waals surface area contributed by atoms with Gasteiger partial charge in [-0.1, -0.05) is 64.9 Å². The molecule has 0 saturated carbocycles. The lowest BCUT2D eigenvalue weighted by Gasteiger charge is -2.09. The summed E-state index contributed by atoms with van der Waals surface area (Å²) >= 11 is 7.05. The smallest absolute Gasteiger partial charge is 0.257 e. The number of anilines is 1. The van der Waals surface area contributed by atoms with Gasteiger partial charge in [0.2, 0.25) is 11.0 Å². The maximum Gasteiger partial charge on any atom is 0.257 e. The minimum atomic E-state index is -0.363. The molecule has 3 aromatic carbocycles. The molecule has 0 atom stereocenters. The van der Waals surface area contributed by atoms with E-state index in [2.05, 4.69) is 26.0 Å². The molecule has 10 heteroatoms. The quantitative estimate of drug-likeness (QED) is 0.238. The number of benzene rings is 3. The average Bonchev–Trinajstić information content (AvgIpc) is 3.31. The van der Waals surface area contributed by atoms with Crippen LogP contribution in [-0.2, 0) is 17.8 Å². The first-order valence-corrected chi connectivity index (χ1v) is 12.1. The third-order valence-corrected chi connectivity index (χ3v) is 6.02. The molecule has 0 aliphatic carbocycles. The second-order valence-corrected chi connectivity index (χ2v) is 9.24. The zero-order valence-electron chi connectivity index (χ0n) is 19.3. The summed E-state index contributed by atoms with van der Waals surface area (Å²) < 4.78 is 5.89. The van der Waals surface area contributed by atoms with E-state index in [4.69, 9.17) is 16.3 Å². The van der Waals surface area contributed by atoms with Crippen molar-refractivity contribution in [2.45, 2.75) is 20.0 Å². The molecule has 0 saturated heterocycles. The Morgan fingerprint density at radius 2 is 1.78 bits per heavy atom. The Kier molecular flexibility index (Phi) is 8.38. The number of para-hydroxylation sites is 1. The molecule has 36 heavy (non-hydrogen) atoms. The standard InChI is InChI=1S/C26H22ClN5O3S/c1-17-6-10-19(11-7-17)25(34)29-26-32-31-24(36-26)14-23(33)30-28-15-20-4-2-3-5-22(20)35-16-18-8-12-21(27)13-9-18/h2-13,15H,14,16H2,1H3,(H,30,33)(H,29,32,34)/b28-15-. The van der Waals surface area contributed by atoms with Crippen LogP contribution in [0.15, 0.2) is 77.9 Å². The van der Waals surface area contributed by atoms with Crippen LogP contribution in [0.2, 0.25) is 5.02 Å². The van der Waals surface area contributed by atoms with Gasteiger partial charge < -0.3 is 4.74 Å². The van der Waals surface area contributed by atoms with Crippen LogP contribution in [0.25, 0.3) is 0 Å². The molecule has 1 heterocycles. The number of hydrogen-bond donors (Lipinski definition) is 2. The molecule has 0 fully saturated rings. The molecular weight excluding hydrogens is 498 g/mol. The molecule has 2 amide bonds. The Balaban J connectivity index is 1.28. The van der Waals surface area contributed by atoms with Crippen LogP contribution in [0.3, 0.4) is 0 Å². The number of ether oxygens (including phenoxy) is 1. The fraction of sp³-hybridized carbons (Fsp3) is 0.115. The Labute approximate surface area is 217 Å². The minimum absolute atomic E-state index is 0.0237. The van der Waals surface area contributed by atoms with Crippen molar-refractivity contribution in [3.8, 4) is 5.75 Å². The normalized spacial score (nSPS) is 10.8. The van der Waals surface area contributed by atoms with Gasteiger partial charge in [-0.05, 0) is 48.9 Å². The largest absolute Gasteiger partial charge is 0.488 e. The van der Waals surface area contributed by atoms with E-state index in [1.807, 2.05) is 67.6 Å². The molecule has 0 bridgehead atoms. The summed E-state index contributed by atoms with van der Waals surface area (Å²) in [4.78, 5) is 24.6. The number of amides is 2. The Hall–Kier alpha value is -4.08. The molecule has 182 valence electrons. The van der Waals surface area contributed by atoms with Crippen LogP contribution >= 0.6 is 22.9 Å². The van der Waals surface area contributed by atoms with Crippen molar-refractivity contribution in [2.75, 3.05) is 5.32 Å². The first kappa shape index (κ1) is 25.0. The van der Waals surface area contributed by atoms with Crippen LogP contribution in [0.4, 0.5) is 5.13 Å². The number of nitrogens with zero attached hydrogens (tertiary/aromatic N) is 3. The van der Waals surface area contributed by atoms with Crippen molar-refractivity contribution in [3.63, 3.8) is 0 Å². The first-order chi connectivity index (χ1) is 17.5. The number of carbonyl (C=O) groups is 2. The van der Waals surface area contributed by atoms with Crippen molar-refractivity contribution in [2.24, 2.45) is 5.10 Å². The summed E-state index contributed by atoms with van der Waals surface area (Å²) in [6.45, 7) is 2.32. The number of rotatable bonds is 9. The molecule has 0 spiro atoms. The molecule has 8 nitrogen and oxygen atoms in total. The van der Waals surface area contributed by atoms with Gasteiger partial charge in [-0.15, -0.1) is 10.2 Å². The second kappa shape index (κ2) is 12.1. The van der Waals surface area contributed by atoms with Gasteiger partial charge in [0.05, 0.1) is 12.6 Å². The fourth-order valence-electron chi connectivity index (χ4n) is 3.06. The Bertz CT molecular complexity index is 1370. The van der Waals surface area contributed by atoms with E-state index < -0.39 is 0 Å². The van der Waals surface area contributed by atoms with E-state index in [9.17, 15) is 9.59 Å². The maximum atomic E-state index is 12.3. The summed E-state index contributed by atoms with van der Waals surface area (Å²) in [5, 5.41) is 16.1. The predicted molar refractivity (Wildman–Crippen MR) is 141 cm³/mol. The SMILES string of the molecule is Cc1ccc(C(=O)Nc2nnc(CC(=O)N/N=C\c3ccccc3OCc3ccc(Cl)cc3)s2)cc1. The highest BCUT2D eigenvalue weighted by molar-refractivity contribution is 7.15. The van der Waals surface area contributed by atoms with Gasteiger partial charge in [-0.2, -0.15) is 5.10 Å². The molecule has 0 unspecified atom stereocenters. The van der Waals surface area contributed by atoms with Crippen molar-refractivity contribution >= 4 is 46.1 Å². The summed E-state index contributed by atoms with van der Waals surface area (Å²) in [7, 11) is 0. The average molecular weight is 520 g/mol. The highest BCUT2D eigenvalue weighted by atomic mass is 35.5. The van der Waals surface area contributed by atoms with Gasteiger partial charge in [0, 0.05) is 16.1 Å². The van der Waals surface area contributed by atoms with E-state index in [0.29, 0.717) is 38.6 Å². The molecule has 0 aliphatic rings. The number of aromatic nitrogens is 2. The van der Waals surface area contributed by atoms with Gasteiger partial charge in [0.25, 0.3) is 5.91 Å². The topological polar surface area (TPSA) is 106 Å². The Morgan fingerprint density at radius 3 is 2.56 bits per heavy atom. The number of hydrazone groups is 1. The van der Waals surface area contributed by atoms with Crippen LogP contribution < -0.4 is 15.5 Å². The van der Waals surface area contributed by atoms with Gasteiger partial charge in [0.1, 0.15) is 17.4 Å². The molecule has 4 rings (SSSR count). The van der Waals surface area contributed by atoms with Crippen LogP contribution in [0.5, 0.6) is 5.75 Å². The number of hydrogen-bond acceptors (Lipinski definition) is 7. The minimum Gasteiger partial charge on any atom is -0.488 e. The van der Waals surface area contributed by atoms with E-state index in [-0.39, 0.29) is 18.2 Å². The highest BCUT2D eigenvalue weighted by Gasteiger charge is 2.12. The molecule has 1 aromatic heterocycles. The third-order valence-electron chi connectivity index (χ3n) is 4.93. The Morgan fingerprint density at radius 1 is 1.03 bits per heavy atom. The number of aryl methyl sites for hydroxylation is 1. The van der Waals surface area contributed by atoms with Gasteiger partial charge >= 0.3 is 0 Å². The second-order valence-electron chi connectivity index (χ2n) is 7.74. The van der Waals surface area contributed by atoms with Crippen molar-refractivity contribution in [3.05, 3.63) is 105 Å². The summed E-state index contributed by atoms with van der Waals surface area (Å²) in [5.74, 6) is -0.0226. The van der Waals surface area contributed by atoms with Gasteiger partial charge in [0.15, 0.2) is 0 Å². The summed E-state index contributed by atoms with van der Waals surface area (Å²) in [6.07, 6.45) is 1.49. The van der Waals surface area contributed by atoms with E-state index in [0.717, 1.165) is 22.5 Å². The van der Waals surface area contributed by atoms with E-state index in [1.165, 1.54) is 6.21 Å². The van der Waals surface area contributed by atoms with E-state index >= 15 is 0 Å². The molecule has 0 radical (unpaired) electrons. The van der Waals surface area contributed by atoms with Gasteiger partial charge in [-0.25, -0.2) is 5.43 Å². The zero-order valence-corrected chi connectivity index (χ0v) is 20.8. The lowest BCUT2D eigenvalue weighted by Crippen LogP contribution is -2.19. The lowest BCUT2D eigenvalue weighted by molar-refractivity contribution is -0.120. The molecule has 4 aromatic rings. The van der Waals surface area contributed by atoms with Crippen LogP contribution in [0.1, 0.15) is 32.1 Å². The fourth-order valence-corrected chi connectivity index (χ4v) is 3.92. The number of halogens is 1.